The average molecular weight is 910 g/mol. The number of hydrogen-bond acceptors (Lipinski definition) is 8. The van der Waals surface area contributed by atoms with Crippen LogP contribution in [0.5, 0.6) is 0 Å². The zero-order valence-electron chi connectivity index (χ0n) is 42.1. The van der Waals surface area contributed by atoms with Crippen molar-refractivity contribution in [1.29, 1.82) is 0 Å². The molecular weight excluding hydrogens is 803 g/mol. The van der Waals surface area contributed by atoms with Crippen LogP contribution in [0.4, 0.5) is 0 Å². The van der Waals surface area contributed by atoms with E-state index in [1.54, 1.807) is 0 Å². The van der Waals surface area contributed by atoms with Gasteiger partial charge in [0.1, 0.15) is 24.4 Å². The van der Waals surface area contributed by atoms with Gasteiger partial charge in [-0.25, -0.2) is 0 Å². The standard InChI is InChI=1S/C55H107NO8/c1-3-5-7-9-11-13-15-17-19-21-22-23-24-25-26-27-28-29-31-33-35-37-39-41-43-45-51(59)56-48(47-63-55-54(62)53(61)52(60)50(46-57)64-55)49(58)44-42-40-38-36-34-32-30-20-18-16-14-12-10-8-6-4-2/h25-26,48-50,52-55,57-58,60-62H,3-24,27-47H2,1-2H3,(H,56,59)/b26-25-. The summed E-state index contributed by atoms with van der Waals surface area (Å²) in [6, 6.07) is -0.717. The predicted octanol–water partition coefficient (Wildman–Crippen LogP) is 13.2. The predicted molar refractivity (Wildman–Crippen MR) is 267 cm³/mol. The lowest BCUT2D eigenvalue weighted by atomic mass is 9.99. The monoisotopic (exact) mass is 910 g/mol. The van der Waals surface area contributed by atoms with E-state index in [2.05, 4.69) is 31.3 Å². The molecule has 0 saturated carbocycles. The topological polar surface area (TPSA) is 149 Å². The Morgan fingerprint density at radius 3 is 1.27 bits per heavy atom. The Bertz CT molecular complexity index is 1010. The molecule has 1 saturated heterocycles. The van der Waals surface area contributed by atoms with Crippen molar-refractivity contribution < 1.29 is 39.8 Å². The van der Waals surface area contributed by atoms with Crippen molar-refractivity contribution in [1.82, 2.24) is 5.32 Å². The highest BCUT2D eigenvalue weighted by molar-refractivity contribution is 5.76. The first-order valence-corrected chi connectivity index (χ1v) is 27.9. The average Bonchev–Trinajstić information content (AvgIpc) is 3.29. The van der Waals surface area contributed by atoms with Crippen LogP contribution in [0, 0.1) is 0 Å². The summed E-state index contributed by atoms with van der Waals surface area (Å²) in [5, 5.41) is 54.6. The van der Waals surface area contributed by atoms with E-state index in [1.165, 1.54) is 212 Å². The molecule has 1 heterocycles. The second kappa shape index (κ2) is 45.7. The Morgan fingerprint density at radius 1 is 0.516 bits per heavy atom. The van der Waals surface area contributed by atoms with Gasteiger partial charge in [0.25, 0.3) is 0 Å². The Kier molecular flexibility index (Phi) is 43.5. The van der Waals surface area contributed by atoms with Crippen molar-refractivity contribution in [3.8, 4) is 0 Å². The van der Waals surface area contributed by atoms with E-state index in [-0.39, 0.29) is 12.5 Å². The minimum absolute atomic E-state index is 0.135. The number of rotatable bonds is 48. The molecular formula is C55H107NO8. The first-order chi connectivity index (χ1) is 31.3. The van der Waals surface area contributed by atoms with Crippen LogP contribution in [0.1, 0.15) is 277 Å². The fraction of sp³-hybridized carbons (Fsp3) is 0.945. The molecule has 1 aliphatic heterocycles. The zero-order valence-corrected chi connectivity index (χ0v) is 42.1. The highest BCUT2D eigenvalue weighted by atomic mass is 16.7. The lowest BCUT2D eigenvalue weighted by Gasteiger charge is -2.40. The summed E-state index contributed by atoms with van der Waals surface area (Å²) in [6.45, 7) is 3.87. The molecule has 0 bridgehead atoms. The number of hydrogen-bond donors (Lipinski definition) is 6. The first kappa shape index (κ1) is 60.9. The van der Waals surface area contributed by atoms with Crippen LogP contribution < -0.4 is 5.32 Å². The van der Waals surface area contributed by atoms with Gasteiger partial charge < -0.3 is 40.3 Å². The van der Waals surface area contributed by atoms with Gasteiger partial charge in [0.05, 0.1) is 25.4 Å². The second-order valence-corrected chi connectivity index (χ2v) is 19.7. The van der Waals surface area contributed by atoms with Crippen LogP contribution in [-0.2, 0) is 14.3 Å². The van der Waals surface area contributed by atoms with Crippen LogP contribution in [0.15, 0.2) is 12.2 Å². The van der Waals surface area contributed by atoms with Gasteiger partial charge in [-0.2, -0.15) is 0 Å². The molecule has 0 aromatic heterocycles. The van der Waals surface area contributed by atoms with E-state index in [0.29, 0.717) is 12.8 Å². The molecule has 0 spiro atoms. The van der Waals surface area contributed by atoms with Gasteiger partial charge in [-0.3, -0.25) is 4.79 Å². The Hall–Kier alpha value is -1.07. The summed E-state index contributed by atoms with van der Waals surface area (Å²) in [5.41, 5.74) is 0. The summed E-state index contributed by atoms with van der Waals surface area (Å²) in [5.74, 6) is -0.142. The van der Waals surface area contributed by atoms with Crippen LogP contribution >= 0.6 is 0 Å². The third-order valence-corrected chi connectivity index (χ3v) is 13.6. The Labute approximate surface area is 395 Å². The normalized spacial score (nSPS) is 20.0. The molecule has 0 aromatic carbocycles. The maximum absolute atomic E-state index is 13.1. The van der Waals surface area contributed by atoms with Gasteiger partial charge in [-0.15, -0.1) is 0 Å². The van der Waals surface area contributed by atoms with Gasteiger partial charge in [0.2, 0.25) is 5.91 Å². The van der Waals surface area contributed by atoms with Crippen molar-refractivity contribution in [2.45, 2.75) is 320 Å². The number of nitrogens with one attached hydrogen (secondary N) is 1. The second-order valence-electron chi connectivity index (χ2n) is 19.7. The molecule has 380 valence electrons. The molecule has 0 aliphatic carbocycles. The quantitative estimate of drug-likeness (QED) is 0.0261. The van der Waals surface area contributed by atoms with Crippen molar-refractivity contribution in [3.63, 3.8) is 0 Å². The Balaban J connectivity index is 2.20. The van der Waals surface area contributed by atoms with E-state index < -0.39 is 49.5 Å². The molecule has 64 heavy (non-hydrogen) atoms. The molecule has 1 fully saturated rings. The largest absolute Gasteiger partial charge is 0.394 e. The zero-order chi connectivity index (χ0) is 46.6. The van der Waals surface area contributed by atoms with Crippen molar-refractivity contribution >= 4 is 5.91 Å². The van der Waals surface area contributed by atoms with Crippen molar-refractivity contribution in [2.24, 2.45) is 0 Å². The molecule has 1 rings (SSSR count). The molecule has 7 unspecified atom stereocenters. The number of ether oxygens (including phenoxy) is 2. The molecule has 7 atom stereocenters. The van der Waals surface area contributed by atoms with Gasteiger partial charge in [0, 0.05) is 6.42 Å². The smallest absolute Gasteiger partial charge is 0.220 e. The van der Waals surface area contributed by atoms with Gasteiger partial charge >= 0.3 is 0 Å². The van der Waals surface area contributed by atoms with E-state index in [4.69, 9.17) is 9.47 Å². The molecule has 9 heteroatoms. The lowest BCUT2D eigenvalue weighted by molar-refractivity contribution is -0.302. The minimum Gasteiger partial charge on any atom is -0.394 e. The van der Waals surface area contributed by atoms with Gasteiger partial charge in [-0.1, -0.05) is 244 Å². The molecule has 1 amide bonds. The van der Waals surface area contributed by atoms with E-state index in [0.717, 1.165) is 38.5 Å². The summed E-state index contributed by atoms with van der Waals surface area (Å²) < 4.78 is 11.3. The summed E-state index contributed by atoms with van der Waals surface area (Å²) in [6.07, 6.45) is 48.0. The fourth-order valence-corrected chi connectivity index (χ4v) is 9.16. The van der Waals surface area contributed by atoms with Crippen molar-refractivity contribution in [2.75, 3.05) is 13.2 Å². The van der Waals surface area contributed by atoms with E-state index >= 15 is 0 Å². The fourth-order valence-electron chi connectivity index (χ4n) is 9.16. The van der Waals surface area contributed by atoms with Gasteiger partial charge in [-0.05, 0) is 38.5 Å². The van der Waals surface area contributed by atoms with Crippen LogP contribution in [0.2, 0.25) is 0 Å². The molecule has 6 N–H and O–H groups in total. The highest BCUT2D eigenvalue weighted by Gasteiger charge is 2.44. The number of carbonyl (C=O) groups is 1. The molecule has 1 aliphatic rings. The van der Waals surface area contributed by atoms with Crippen molar-refractivity contribution in [3.05, 3.63) is 12.2 Å². The van der Waals surface area contributed by atoms with E-state index in [9.17, 15) is 30.3 Å². The number of carbonyl (C=O) groups excluding carboxylic acids is 1. The molecule has 9 nitrogen and oxygen atoms in total. The number of aliphatic hydroxyl groups excluding tert-OH is 5. The van der Waals surface area contributed by atoms with E-state index in [1.807, 2.05) is 0 Å². The Morgan fingerprint density at radius 2 is 0.875 bits per heavy atom. The maximum Gasteiger partial charge on any atom is 0.220 e. The summed E-state index contributed by atoms with van der Waals surface area (Å²) in [4.78, 5) is 13.1. The van der Waals surface area contributed by atoms with Gasteiger partial charge in [0.15, 0.2) is 6.29 Å². The van der Waals surface area contributed by atoms with Crippen LogP contribution in [0.25, 0.3) is 0 Å². The van der Waals surface area contributed by atoms with Crippen LogP contribution in [-0.4, -0.2) is 87.5 Å². The first-order valence-electron chi connectivity index (χ1n) is 27.9. The number of aliphatic hydroxyl groups is 5. The number of unbranched alkanes of at least 4 members (excludes halogenated alkanes) is 36. The molecule has 0 radical (unpaired) electrons. The number of amides is 1. The highest BCUT2D eigenvalue weighted by Crippen LogP contribution is 2.23. The lowest BCUT2D eigenvalue weighted by Crippen LogP contribution is -2.60. The maximum atomic E-state index is 13.1. The number of allylic oxidation sites excluding steroid dienone is 2. The summed E-state index contributed by atoms with van der Waals surface area (Å²) in [7, 11) is 0. The van der Waals surface area contributed by atoms with Crippen LogP contribution in [0.3, 0.4) is 0 Å². The third kappa shape index (κ3) is 35.1. The summed E-state index contributed by atoms with van der Waals surface area (Å²) >= 11 is 0. The minimum atomic E-state index is -1.55. The molecule has 0 aromatic rings. The third-order valence-electron chi connectivity index (χ3n) is 13.6. The SMILES string of the molecule is CCCCCCCCCCCCCC/C=C\CCCCCCCCCCCC(=O)NC(COC1OC(CO)C(O)C(O)C1O)C(O)CCCCCCCCCCCCCCCCCC.